The maximum absolute atomic E-state index is 13.0. The first kappa shape index (κ1) is 15.7. The lowest BCUT2D eigenvalue weighted by molar-refractivity contribution is -0.709. The van der Waals surface area contributed by atoms with Gasteiger partial charge in [0.25, 0.3) is 5.82 Å². The number of imidazole rings is 1. The van der Waals surface area contributed by atoms with Crippen molar-refractivity contribution in [1.82, 2.24) is 4.57 Å². The highest BCUT2D eigenvalue weighted by molar-refractivity contribution is 6.26. The lowest BCUT2D eigenvalue weighted by Gasteiger charge is -2.13. The summed E-state index contributed by atoms with van der Waals surface area (Å²) in [7, 11) is 0. The van der Waals surface area contributed by atoms with E-state index >= 15 is 0 Å². The van der Waals surface area contributed by atoms with E-state index in [0.717, 1.165) is 25.3 Å². The summed E-state index contributed by atoms with van der Waals surface area (Å²) in [4.78, 5) is 26.1. The largest absolute Gasteiger partial charge is 0.284 e. The van der Waals surface area contributed by atoms with Gasteiger partial charge in [-0.1, -0.05) is 45.0 Å². The lowest BCUT2D eigenvalue weighted by atomic mass is 9.90. The third kappa shape index (κ3) is 2.33. The minimum Gasteiger partial charge on any atom is -0.284 e. The number of carbonyl (C=O) groups excluding carboxylic acids is 2. The molecule has 120 valence electrons. The molecule has 0 fully saturated rings. The van der Waals surface area contributed by atoms with Crippen LogP contribution in [-0.2, 0) is 13.1 Å². The van der Waals surface area contributed by atoms with E-state index in [1.165, 1.54) is 0 Å². The number of benzene rings is 1. The fraction of sp³-hybridized carbons (Fsp3) is 0.421. The Bertz CT molecular complexity index is 800. The van der Waals surface area contributed by atoms with Crippen LogP contribution in [0.25, 0.3) is 0 Å². The third-order valence-corrected chi connectivity index (χ3v) is 4.39. The Morgan fingerprint density at radius 3 is 2.26 bits per heavy atom. The monoisotopic (exact) mass is 311 g/mol. The van der Waals surface area contributed by atoms with Crippen LogP contribution in [0.3, 0.4) is 0 Å². The average molecular weight is 311 g/mol. The third-order valence-electron chi connectivity index (χ3n) is 4.39. The zero-order valence-electron chi connectivity index (χ0n) is 14.2. The van der Waals surface area contributed by atoms with Crippen LogP contribution in [0, 0.1) is 12.8 Å². The highest BCUT2D eigenvalue weighted by Crippen LogP contribution is 2.27. The van der Waals surface area contributed by atoms with Crippen molar-refractivity contribution in [3.05, 3.63) is 52.6 Å². The van der Waals surface area contributed by atoms with E-state index < -0.39 is 0 Å². The summed E-state index contributed by atoms with van der Waals surface area (Å²) in [5.74, 6) is 1.32. The first-order valence-corrected chi connectivity index (χ1v) is 8.28. The van der Waals surface area contributed by atoms with Crippen molar-refractivity contribution < 1.29 is 14.2 Å². The predicted molar refractivity (Wildman–Crippen MR) is 87.8 cm³/mol. The molecule has 0 N–H and O–H groups in total. The van der Waals surface area contributed by atoms with Crippen LogP contribution in [0.5, 0.6) is 0 Å². The number of nitrogens with zero attached hydrogens (tertiary/aromatic N) is 2. The fourth-order valence-corrected chi connectivity index (χ4v) is 3.41. The van der Waals surface area contributed by atoms with Crippen LogP contribution < -0.4 is 4.57 Å². The van der Waals surface area contributed by atoms with Crippen molar-refractivity contribution in [3.8, 4) is 0 Å². The summed E-state index contributed by atoms with van der Waals surface area (Å²) in [5.41, 5.74) is 2.18. The first-order chi connectivity index (χ1) is 11.0. The van der Waals surface area contributed by atoms with Crippen molar-refractivity contribution >= 4 is 11.6 Å². The molecule has 4 nitrogen and oxygen atoms in total. The number of fused-ring (bicyclic) bond motifs is 2. The average Bonchev–Trinajstić information content (AvgIpc) is 2.79. The van der Waals surface area contributed by atoms with Crippen molar-refractivity contribution in [2.75, 3.05) is 0 Å². The SMILES string of the molecule is CCCn1c2c([n+](CC(C)C)c1C)C(=O)c1ccccc1C2=O. The Balaban J connectivity index is 2.30. The number of ketones is 2. The van der Waals surface area contributed by atoms with Crippen LogP contribution in [-0.4, -0.2) is 16.1 Å². The van der Waals surface area contributed by atoms with Gasteiger partial charge in [0.15, 0.2) is 0 Å². The van der Waals surface area contributed by atoms with Gasteiger partial charge in [-0.25, -0.2) is 9.13 Å². The second kappa shape index (κ2) is 5.76. The molecule has 1 aliphatic carbocycles. The van der Waals surface area contributed by atoms with Crippen LogP contribution in [0.4, 0.5) is 0 Å². The van der Waals surface area contributed by atoms with Crippen molar-refractivity contribution in [2.45, 2.75) is 47.2 Å². The topological polar surface area (TPSA) is 43.0 Å². The van der Waals surface area contributed by atoms with E-state index in [4.69, 9.17) is 0 Å². The summed E-state index contributed by atoms with van der Waals surface area (Å²) in [6.07, 6.45) is 0.923. The van der Waals surface area contributed by atoms with Gasteiger partial charge in [0.05, 0.1) is 13.1 Å². The number of hydrogen-bond acceptors (Lipinski definition) is 2. The van der Waals surface area contributed by atoms with Crippen LogP contribution in [0.2, 0.25) is 0 Å². The van der Waals surface area contributed by atoms with Gasteiger partial charge in [-0.05, 0) is 12.3 Å². The van der Waals surface area contributed by atoms with E-state index in [2.05, 4.69) is 20.8 Å². The van der Waals surface area contributed by atoms with Gasteiger partial charge in [0.1, 0.15) is 0 Å². The van der Waals surface area contributed by atoms with E-state index in [-0.39, 0.29) is 11.6 Å². The van der Waals surface area contributed by atoms with Crippen LogP contribution in [0.1, 0.15) is 65.1 Å². The Hall–Kier alpha value is -2.23. The van der Waals surface area contributed by atoms with Gasteiger partial charge >= 0.3 is 0 Å². The summed E-state index contributed by atoms with van der Waals surface area (Å²) < 4.78 is 4.06. The number of hydrogen-bond donors (Lipinski definition) is 0. The second-order valence-electron chi connectivity index (χ2n) is 6.60. The molecular formula is C19H23N2O2+. The summed E-state index contributed by atoms with van der Waals surface area (Å²) >= 11 is 0. The van der Waals surface area contributed by atoms with E-state index in [1.807, 2.05) is 28.2 Å². The molecule has 0 saturated heterocycles. The van der Waals surface area contributed by atoms with Crippen LogP contribution in [0.15, 0.2) is 24.3 Å². The molecule has 0 amide bonds. The molecule has 3 rings (SSSR count). The van der Waals surface area contributed by atoms with Gasteiger partial charge in [-0.2, -0.15) is 0 Å². The minimum atomic E-state index is -0.0335. The molecule has 0 spiro atoms. The van der Waals surface area contributed by atoms with E-state index in [0.29, 0.717) is 28.4 Å². The summed E-state index contributed by atoms with van der Waals surface area (Å²) in [6.45, 7) is 9.83. The van der Waals surface area contributed by atoms with Crippen molar-refractivity contribution in [2.24, 2.45) is 5.92 Å². The fourth-order valence-electron chi connectivity index (χ4n) is 3.41. The van der Waals surface area contributed by atoms with Crippen LogP contribution >= 0.6 is 0 Å². The molecule has 4 heteroatoms. The quantitative estimate of drug-likeness (QED) is 0.695. The van der Waals surface area contributed by atoms with E-state index in [1.54, 1.807) is 12.1 Å². The molecule has 1 aromatic carbocycles. The summed E-state index contributed by atoms with van der Waals surface area (Å²) in [5, 5.41) is 0. The Morgan fingerprint density at radius 1 is 1.09 bits per heavy atom. The normalized spacial score (nSPS) is 13.4. The molecule has 0 unspecified atom stereocenters. The molecule has 0 saturated carbocycles. The van der Waals surface area contributed by atoms with Gasteiger partial charge in [-0.3, -0.25) is 9.59 Å². The molecule has 1 aromatic heterocycles. The first-order valence-electron chi connectivity index (χ1n) is 8.28. The minimum absolute atomic E-state index is 0.0331. The molecule has 1 heterocycles. The van der Waals surface area contributed by atoms with Gasteiger partial charge < -0.3 is 0 Å². The zero-order valence-corrected chi connectivity index (χ0v) is 14.2. The maximum atomic E-state index is 13.0. The number of carbonyl (C=O) groups is 2. The zero-order chi connectivity index (χ0) is 16.7. The smallest absolute Gasteiger partial charge is 0.254 e. The Kier molecular flexibility index (Phi) is 3.92. The van der Waals surface area contributed by atoms with Gasteiger partial charge in [0, 0.05) is 18.1 Å². The number of rotatable bonds is 4. The molecule has 2 aromatic rings. The Morgan fingerprint density at radius 2 is 1.70 bits per heavy atom. The lowest BCUT2D eigenvalue weighted by Crippen LogP contribution is -2.44. The maximum Gasteiger partial charge on any atom is 0.254 e. The standard InChI is InChI=1S/C19H23N2O2/c1-5-10-20-13(4)21(11-12(2)3)17-16(20)18(22)14-8-6-7-9-15(14)19(17)23/h6-9,12H,5,10-11H2,1-4H3/q+1. The summed E-state index contributed by atoms with van der Waals surface area (Å²) in [6, 6.07) is 7.14. The Labute approximate surface area is 136 Å². The predicted octanol–water partition coefficient (Wildman–Crippen LogP) is 2.93. The molecule has 1 aliphatic rings. The van der Waals surface area contributed by atoms with Crippen molar-refractivity contribution in [1.29, 1.82) is 0 Å². The molecule has 0 aliphatic heterocycles. The highest BCUT2D eigenvalue weighted by Gasteiger charge is 2.42. The number of aromatic nitrogens is 2. The molecule has 0 atom stereocenters. The van der Waals surface area contributed by atoms with E-state index in [9.17, 15) is 9.59 Å². The molecular weight excluding hydrogens is 288 g/mol. The highest BCUT2D eigenvalue weighted by atomic mass is 16.1. The molecule has 0 radical (unpaired) electrons. The molecule has 23 heavy (non-hydrogen) atoms. The molecule has 0 bridgehead atoms. The second-order valence-corrected chi connectivity index (χ2v) is 6.60. The van der Waals surface area contributed by atoms with Gasteiger partial charge in [0.2, 0.25) is 23.0 Å². The van der Waals surface area contributed by atoms with Crippen molar-refractivity contribution in [3.63, 3.8) is 0 Å². The van der Waals surface area contributed by atoms with Gasteiger partial charge in [-0.15, -0.1) is 0 Å².